The van der Waals surface area contributed by atoms with Crippen LogP contribution < -0.4 is 10.1 Å². The normalized spacial score (nSPS) is 10.9. The molecule has 7 heteroatoms. The van der Waals surface area contributed by atoms with E-state index in [1.165, 1.54) is 0 Å². The van der Waals surface area contributed by atoms with Crippen LogP contribution in [-0.4, -0.2) is 32.6 Å². The Morgan fingerprint density at radius 2 is 1.77 bits per heavy atom. The quantitative estimate of drug-likeness (QED) is 0.548. The van der Waals surface area contributed by atoms with E-state index in [2.05, 4.69) is 20.4 Å². The Morgan fingerprint density at radius 1 is 1.03 bits per heavy atom. The summed E-state index contributed by atoms with van der Waals surface area (Å²) < 4.78 is 6.90. The van der Waals surface area contributed by atoms with Gasteiger partial charge in [0.1, 0.15) is 5.75 Å². The molecule has 4 aromatic rings. The van der Waals surface area contributed by atoms with Crippen molar-refractivity contribution in [1.82, 2.24) is 19.6 Å². The van der Waals surface area contributed by atoms with E-state index in [4.69, 9.17) is 4.74 Å². The van der Waals surface area contributed by atoms with Crippen LogP contribution in [0.25, 0.3) is 17.2 Å². The molecule has 0 unspecified atom stereocenters. The molecule has 4 rings (SSSR count). The predicted molar refractivity (Wildman–Crippen MR) is 116 cm³/mol. The average Bonchev–Trinajstić information content (AvgIpc) is 3.17. The Hall–Kier alpha value is -3.74. The summed E-state index contributed by atoms with van der Waals surface area (Å²) in [6.45, 7) is 5.80. The zero-order valence-corrected chi connectivity index (χ0v) is 17.4. The molecule has 1 amide bonds. The molecule has 2 aromatic heterocycles. The first-order valence-electron chi connectivity index (χ1n) is 9.69. The van der Waals surface area contributed by atoms with Gasteiger partial charge < -0.3 is 10.1 Å². The van der Waals surface area contributed by atoms with Gasteiger partial charge in [0.05, 0.1) is 13.5 Å². The number of methoxy groups -OCH3 is 1. The minimum Gasteiger partial charge on any atom is -0.497 e. The number of anilines is 1. The lowest BCUT2D eigenvalue weighted by atomic mass is 10.1. The average molecular weight is 401 g/mol. The molecule has 30 heavy (non-hydrogen) atoms. The standard InChI is InChI=1S/C23H23N5O2/c1-14-7-5-6-8-20(14)25-21(29)13-19-15(2)24-23-26-22(27-28(23)16(19)3)17-9-11-18(30-4)12-10-17/h5-12H,13H2,1-4H3,(H,25,29). The Morgan fingerprint density at radius 3 is 2.47 bits per heavy atom. The van der Waals surface area contributed by atoms with E-state index in [9.17, 15) is 4.79 Å². The van der Waals surface area contributed by atoms with Gasteiger partial charge in [0.15, 0.2) is 5.82 Å². The Bertz CT molecular complexity index is 1230. The van der Waals surface area contributed by atoms with Crippen molar-refractivity contribution in [2.75, 3.05) is 12.4 Å². The van der Waals surface area contributed by atoms with E-state index in [0.717, 1.165) is 39.5 Å². The third-order valence-electron chi connectivity index (χ3n) is 5.15. The molecule has 0 aliphatic heterocycles. The van der Waals surface area contributed by atoms with Crippen LogP contribution in [0.2, 0.25) is 0 Å². The van der Waals surface area contributed by atoms with Gasteiger partial charge in [-0.05, 0) is 56.7 Å². The van der Waals surface area contributed by atoms with Crippen molar-refractivity contribution in [1.29, 1.82) is 0 Å². The number of hydrogen-bond acceptors (Lipinski definition) is 5. The van der Waals surface area contributed by atoms with E-state index >= 15 is 0 Å². The summed E-state index contributed by atoms with van der Waals surface area (Å²) in [6, 6.07) is 15.3. The zero-order valence-electron chi connectivity index (χ0n) is 17.4. The number of nitrogens with one attached hydrogen (secondary N) is 1. The van der Waals surface area contributed by atoms with E-state index < -0.39 is 0 Å². The third-order valence-corrected chi connectivity index (χ3v) is 5.15. The Kier molecular flexibility index (Phi) is 5.18. The third kappa shape index (κ3) is 3.74. The maximum absolute atomic E-state index is 12.7. The highest BCUT2D eigenvalue weighted by Crippen LogP contribution is 2.22. The summed E-state index contributed by atoms with van der Waals surface area (Å²) in [5, 5.41) is 7.59. The molecule has 152 valence electrons. The highest BCUT2D eigenvalue weighted by molar-refractivity contribution is 5.93. The molecule has 2 heterocycles. The fourth-order valence-electron chi connectivity index (χ4n) is 3.39. The van der Waals surface area contributed by atoms with Crippen LogP contribution in [0.5, 0.6) is 5.75 Å². The van der Waals surface area contributed by atoms with Crippen molar-refractivity contribution in [3.8, 4) is 17.1 Å². The number of carbonyl (C=O) groups is 1. The molecule has 0 spiro atoms. The molecule has 0 bridgehead atoms. The number of para-hydroxylation sites is 1. The molecule has 0 atom stereocenters. The van der Waals surface area contributed by atoms with Crippen molar-refractivity contribution in [2.24, 2.45) is 0 Å². The second-order valence-electron chi connectivity index (χ2n) is 7.18. The minimum absolute atomic E-state index is 0.0906. The highest BCUT2D eigenvalue weighted by Gasteiger charge is 2.17. The number of fused-ring (bicyclic) bond motifs is 1. The van der Waals surface area contributed by atoms with E-state index in [0.29, 0.717) is 11.6 Å². The van der Waals surface area contributed by atoms with Crippen LogP contribution in [0.15, 0.2) is 48.5 Å². The molecular formula is C23H23N5O2. The first kappa shape index (κ1) is 19.6. The van der Waals surface area contributed by atoms with E-state index in [-0.39, 0.29) is 12.3 Å². The Labute approximate surface area is 174 Å². The minimum atomic E-state index is -0.0906. The molecule has 1 N–H and O–H groups in total. The van der Waals surface area contributed by atoms with Crippen molar-refractivity contribution in [3.05, 3.63) is 71.0 Å². The van der Waals surface area contributed by atoms with Crippen LogP contribution in [0.1, 0.15) is 22.5 Å². The topological polar surface area (TPSA) is 81.4 Å². The number of amides is 1. The molecule has 7 nitrogen and oxygen atoms in total. The lowest BCUT2D eigenvalue weighted by molar-refractivity contribution is -0.115. The molecule has 0 saturated carbocycles. The summed E-state index contributed by atoms with van der Waals surface area (Å²) in [5.41, 5.74) is 5.18. The second kappa shape index (κ2) is 7.94. The fourth-order valence-corrected chi connectivity index (χ4v) is 3.39. The number of nitrogens with zero attached hydrogens (tertiary/aromatic N) is 4. The zero-order chi connectivity index (χ0) is 21.3. The van der Waals surface area contributed by atoms with E-state index in [1.807, 2.05) is 69.3 Å². The number of carbonyl (C=O) groups excluding carboxylic acids is 1. The number of ether oxygens (including phenoxy) is 1. The van der Waals surface area contributed by atoms with Crippen molar-refractivity contribution >= 4 is 17.4 Å². The fraction of sp³-hybridized carbons (Fsp3) is 0.217. The highest BCUT2D eigenvalue weighted by atomic mass is 16.5. The summed E-state index contributed by atoms with van der Waals surface area (Å²) in [6.07, 6.45) is 0.215. The molecular weight excluding hydrogens is 378 g/mol. The van der Waals surface area contributed by atoms with Crippen LogP contribution in [0, 0.1) is 20.8 Å². The van der Waals surface area contributed by atoms with Gasteiger partial charge in [-0.15, -0.1) is 5.10 Å². The summed E-state index contributed by atoms with van der Waals surface area (Å²) in [5.74, 6) is 1.77. The first-order valence-corrected chi connectivity index (χ1v) is 9.69. The number of aromatic nitrogens is 4. The molecule has 2 aromatic carbocycles. The number of benzene rings is 2. The lowest BCUT2D eigenvalue weighted by Gasteiger charge is -2.12. The van der Waals surface area contributed by atoms with Crippen molar-refractivity contribution < 1.29 is 9.53 Å². The number of aryl methyl sites for hydroxylation is 3. The molecule has 0 aliphatic rings. The van der Waals surface area contributed by atoms with Gasteiger partial charge >= 0.3 is 0 Å². The maximum atomic E-state index is 12.7. The molecule has 0 fully saturated rings. The molecule has 0 aliphatic carbocycles. The van der Waals surface area contributed by atoms with Gasteiger partial charge in [0.25, 0.3) is 5.78 Å². The Balaban J connectivity index is 1.64. The second-order valence-corrected chi connectivity index (χ2v) is 7.18. The van der Waals surface area contributed by atoms with Gasteiger partial charge in [-0.3, -0.25) is 4.79 Å². The number of hydrogen-bond donors (Lipinski definition) is 1. The molecule has 0 radical (unpaired) electrons. The predicted octanol–water partition coefficient (Wildman–Crippen LogP) is 3.91. The van der Waals surface area contributed by atoms with E-state index in [1.54, 1.807) is 11.6 Å². The van der Waals surface area contributed by atoms with Gasteiger partial charge in [-0.1, -0.05) is 18.2 Å². The summed E-state index contributed by atoms with van der Waals surface area (Å²) >= 11 is 0. The van der Waals surface area contributed by atoms with Crippen LogP contribution >= 0.6 is 0 Å². The largest absolute Gasteiger partial charge is 0.497 e. The monoisotopic (exact) mass is 401 g/mol. The number of rotatable bonds is 5. The van der Waals surface area contributed by atoms with Crippen LogP contribution in [-0.2, 0) is 11.2 Å². The van der Waals surface area contributed by atoms with Crippen molar-refractivity contribution in [3.63, 3.8) is 0 Å². The van der Waals surface area contributed by atoms with Crippen LogP contribution in [0.4, 0.5) is 5.69 Å². The summed E-state index contributed by atoms with van der Waals surface area (Å²) in [7, 11) is 1.63. The van der Waals surface area contributed by atoms with Crippen molar-refractivity contribution in [2.45, 2.75) is 27.2 Å². The molecule has 0 saturated heterocycles. The summed E-state index contributed by atoms with van der Waals surface area (Å²) in [4.78, 5) is 21.8. The van der Waals surface area contributed by atoms with Gasteiger partial charge in [-0.25, -0.2) is 9.50 Å². The smallest absolute Gasteiger partial charge is 0.253 e. The van der Waals surface area contributed by atoms with Gasteiger partial charge in [0.2, 0.25) is 5.91 Å². The van der Waals surface area contributed by atoms with Gasteiger partial charge in [-0.2, -0.15) is 4.98 Å². The maximum Gasteiger partial charge on any atom is 0.253 e. The first-order chi connectivity index (χ1) is 14.5. The SMILES string of the molecule is COc1ccc(-c2nc3nc(C)c(CC(=O)Nc4ccccc4C)c(C)n3n2)cc1. The lowest BCUT2D eigenvalue weighted by Crippen LogP contribution is -2.18. The van der Waals surface area contributed by atoms with Gasteiger partial charge in [0, 0.05) is 28.2 Å². The van der Waals surface area contributed by atoms with Crippen LogP contribution in [0.3, 0.4) is 0 Å².